The molecule has 0 unspecified atom stereocenters. The van der Waals surface area contributed by atoms with E-state index in [2.05, 4.69) is 48.5 Å². The Morgan fingerprint density at radius 3 is 1.25 bits per heavy atom. The zero-order valence-electron chi connectivity index (χ0n) is 21.7. The zero-order valence-corrected chi connectivity index (χ0v) is 21.7. The van der Waals surface area contributed by atoms with Crippen molar-refractivity contribution in [2.75, 3.05) is 0 Å². The quantitative estimate of drug-likeness (QED) is 0.213. The predicted molar refractivity (Wildman–Crippen MR) is 158 cm³/mol. The van der Waals surface area contributed by atoms with E-state index in [1.54, 1.807) is 24.3 Å². The van der Waals surface area contributed by atoms with Crippen molar-refractivity contribution >= 4 is 21.5 Å². The van der Waals surface area contributed by atoms with Crippen molar-refractivity contribution in [2.45, 2.75) is 13.2 Å². The van der Waals surface area contributed by atoms with Gasteiger partial charge in [-0.3, -0.25) is 0 Å². The van der Waals surface area contributed by atoms with Crippen molar-refractivity contribution < 1.29 is 9.47 Å². The summed E-state index contributed by atoms with van der Waals surface area (Å²) in [5, 5.41) is 22.6. The van der Waals surface area contributed by atoms with Gasteiger partial charge in [-0.25, -0.2) is 0 Å². The maximum Gasteiger partial charge on any atom is 0.128 e. The number of hydrogen-bond donors (Lipinski definition) is 0. The van der Waals surface area contributed by atoms with Crippen LogP contribution in [0.1, 0.15) is 22.3 Å². The van der Waals surface area contributed by atoms with Gasteiger partial charge in [-0.05, 0) is 69.1 Å². The lowest BCUT2D eigenvalue weighted by Crippen LogP contribution is -2.01. The fourth-order valence-electron chi connectivity index (χ4n) is 4.93. The number of ether oxygens (including phenoxy) is 2. The minimum Gasteiger partial charge on any atom is -0.488 e. The van der Waals surface area contributed by atoms with Crippen molar-refractivity contribution in [3.63, 3.8) is 0 Å². The largest absolute Gasteiger partial charge is 0.488 e. The van der Waals surface area contributed by atoms with Crippen molar-refractivity contribution in [2.24, 2.45) is 0 Å². The minimum absolute atomic E-state index is 0.364. The monoisotopic (exact) mass is 516 g/mol. The molecule has 0 saturated heterocycles. The molecule has 0 aliphatic carbocycles. The van der Waals surface area contributed by atoms with E-state index in [0.29, 0.717) is 24.3 Å². The van der Waals surface area contributed by atoms with Gasteiger partial charge in [0.1, 0.15) is 24.7 Å². The Labute approximate surface area is 232 Å². The second-order valence-corrected chi connectivity index (χ2v) is 9.51. The van der Waals surface area contributed by atoms with Crippen LogP contribution in [0.4, 0.5) is 0 Å². The lowest BCUT2D eigenvalue weighted by Gasteiger charge is -2.20. The fourth-order valence-corrected chi connectivity index (χ4v) is 4.93. The number of benzene rings is 6. The van der Waals surface area contributed by atoms with E-state index in [1.807, 2.05) is 60.7 Å². The Bertz CT molecular complexity index is 1770. The van der Waals surface area contributed by atoms with Crippen molar-refractivity contribution in [3.05, 3.63) is 144 Å². The molecule has 0 spiro atoms. The normalized spacial score (nSPS) is 10.7. The van der Waals surface area contributed by atoms with Crippen LogP contribution in [-0.4, -0.2) is 0 Å². The first-order chi connectivity index (χ1) is 19.7. The first kappa shape index (κ1) is 24.7. The van der Waals surface area contributed by atoms with Crippen LogP contribution in [0.5, 0.6) is 11.5 Å². The third-order valence-electron chi connectivity index (χ3n) is 6.99. The predicted octanol–water partition coefficient (Wildman–Crippen LogP) is 8.56. The summed E-state index contributed by atoms with van der Waals surface area (Å²) in [6.45, 7) is 0.729. The summed E-state index contributed by atoms with van der Waals surface area (Å²) in [5.74, 6) is 1.50. The molecular formula is C36H24N2O2. The first-order valence-corrected chi connectivity index (χ1v) is 13.0. The van der Waals surface area contributed by atoms with Crippen molar-refractivity contribution in [3.8, 4) is 34.8 Å². The third-order valence-corrected chi connectivity index (χ3v) is 6.99. The van der Waals surface area contributed by atoms with Crippen LogP contribution in [0.3, 0.4) is 0 Å². The average Bonchev–Trinajstić information content (AvgIpc) is 3.03. The topological polar surface area (TPSA) is 66.0 Å². The molecule has 190 valence electrons. The number of fused-ring (bicyclic) bond motifs is 2. The summed E-state index contributed by atoms with van der Waals surface area (Å²) in [6.07, 6.45) is 0. The second-order valence-electron chi connectivity index (χ2n) is 9.51. The van der Waals surface area contributed by atoms with Crippen LogP contribution >= 0.6 is 0 Å². The fraction of sp³-hybridized carbons (Fsp3) is 0.0556. The molecule has 6 aromatic carbocycles. The molecule has 0 fully saturated rings. The Balaban J connectivity index is 1.47. The van der Waals surface area contributed by atoms with E-state index in [0.717, 1.165) is 55.3 Å². The molecular weight excluding hydrogens is 492 g/mol. The Kier molecular flexibility index (Phi) is 6.82. The van der Waals surface area contributed by atoms with Gasteiger partial charge in [-0.15, -0.1) is 0 Å². The van der Waals surface area contributed by atoms with Crippen LogP contribution in [0.2, 0.25) is 0 Å². The summed E-state index contributed by atoms with van der Waals surface area (Å²) in [5.41, 5.74) is 5.14. The molecule has 0 N–H and O–H groups in total. The van der Waals surface area contributed by atoms with E-state index >= 15 is 0 Å². The second kappa shape index (κ2) is 11.0. The number of hydrogen-bond acceptors (Lipinski definition) is 4. The summed E-state index contributed by atoms with van der Waals surface area (Å²) in [6, 6.07) is 44.0. The highest BCUT2D eigenvalue weighted by molar-refractivity contribution is 6.09. The van der Waals surface area contributed by atoms with E-state index in [-0.39, 0.29) is 0 Å². The number of nitriles is 2. The Morgan fingerprint density at radius 2 is 0.850 bits per heavy atom. The van der Waals surface area contributed by atoms with E-state index in [9.17, 15) is 0 Å². The lowest BCUT2D eigenvalue weighted by atomic mass is 9.92. The van der Waals surface area contributed by atoms with Gasteiger partial charge in [0, 0.05) is 11.1 Å². The molecule has 6 aromatic rings. The highest BCUT2D eigenvalue weighted by atomic mass is 16.5. The Hall–Kier alpha value is -5.58. The van der Waals surface area contributed by atoms with Crippen LogP contribution in [-0.2, 0) is 13.2 Å². The maximum atomic E-state index is 9.15. The Morgan fingerprint density at radius 1 is 0.450 bits per heavy atom. The summed E-state index contributed by atoms with van der Waals surface area (Å²) >= 11 is 0. The molecule has 6 rings (SSSR count). The molecule has 0 aliphatic heterocycles. The molecule has 0 aliphatic rings. The van der Waals surface area contributed by atoms with Crippen molar-refractivity contribution in [1.29, 1.82) is 10.5 Å². The highest BCUT2D eigenvalue weighted by Gasteiger charge is 2.19. The molecule has 0 radical (unpaired) electrons. The first-order valence-electron chi connectivity index (χ1n) is 13.0. The van der Waals surface area contributed by atoms with Crippen LogP contribution in [0, 0.1) is 22.7 Å². The molecule has 0 bridgehead atoms. The van der Waals surface area contributed by atoms with E-state index < -0.39 is 0 Å². The molecule has 0 amide bonds. The summed E-state index contributed by atoms with van der Waals surface area (Å²) < 4.78 is 13.0. The average molecular weight is 517 g/mol. The zero-order chi connectivity index (χ0) is 27.3. The molecule has 4 nitrogen and oxygen atoms in total. The summed E-state index contributed by atoms with van der Waals surface area (Å²) in [7, 11) is 0. The van der Waals surface area contributed by atoms with Gasteiger partial charge in [0.25, 0.3) is 0 Å². The lowest BCUT2D eigenvalue weighted by molar-refractivity contribution is 0.303. The van der Waals surface area contributed by atoms with Crippen LogP contribution in [0.15, 0.2) is 121 Å². The minimum atomic E-state index is 0.364. The van der Waals surface area contributed by atoms with Gasteiger partial charge in [0.05, 0.1) is 23.3 Å². The molecule has 4 heteroatoms. The molecule has 0 heterocycles. The van der Waals surface area contributed by atoms with Crippen LogP contribution < -0.4 is 9.47 Å². The molecule has 0 aromatic heterocycles. The summed E-state index contributed by atoms with van der Waals surface area (Å²) in [4.78, 5) is 0. The van der Waals surface area contributed by atoms with Crippen LogP contribution in [0.25, 0.3) is 32.7 Å². The smallest absolute Gasteiger partial charge is 0.128 e. The van der Waals surface area contributed by atoms with Gasteiger partial charge in [-0.1, -0.05) is 84.9 Å². The number of nitrogens with zero attached hydrogens (tertiary/aromatic N) is 2. The SMILES string of the molecule is N#Cc1ccc(COc2ccc3ccccc3c2-c2c(OCc3ccc(C#N)cc3)ccc3ccccc23)cc1. The maximum absolute atomic E-state index is 9.15. The van der Waals surface area contributed by atoms with E-state index in [1.165, 1.54) is 0 Å². The number of rotatable bonds is 7. The van der Waals surface area contributed by atoms with E-state index in [4.69, 9.17) is 20.0 Å². The molecule has 0 atom stereocenters. The molecule has 0 saturated carbocycles. The van der Waals surface area contributed by atoms with Gasteiger partial charge in [0.15, 0.2) is 0 Å². The third kappa shape index (κ3) is 4.95. The molecule has 40 heavy (non-hydrogen) atoms. The van der Waals surface area contributed by atoms with Gasteiger partial charge in [-0.2, -0.15) is 10.5 Å². The van der Waals surface area contributed by atoms with Gasteiger partial charge >= 0.3 is 0 Å². The standard InChI is InChI=1S/C36H24N2O2/c37-21-25-9-13-27(14-10-25)23-39-33-19-17-29-5-1-3-7-31(29)35(33)36-32-8-4-2-6-30(32)18-20-34(36)40-24-28-15-11-26(22-38)12-16-28/h1-20H,23-24H2. The van der Waals surface area contributed by atoms with Crippen molar-refractivity contribution in [1.82, 2.24) is 0 Å². The van der Waals surface area contributed by atoms with Gasteiger partial charge in [0.2, 0.25) is 0 Å². The highest BCUT2D eigenvalue weighted by Crippen LogP contribution is 2.45. The van der Waals surface area contributed by atoms with Gasteiger partial charge < -0.3 is 9.47 Å².